The zero-order valence-electron chi connectivity index (χ0n) is 11.4. The minimum Gasteiger partial charge on any atom is -0.378 e. The largest absolute Gasteiger partial charge is 0.378 e. The maximum atomic E-state index is 6.33. The van der Waals surface area contributed by atoms with Gasteiger partial charge in [0.15, 0.2) is 0 Å². The summed E-state index contributed by atoms with van der Waals surface area (Å²) in [4.78, 5) is 13.6. The third-order valence-electron chi connectivity index (χ3n) is 3.72. The minimum atomic E-state index is 0.435. The highest BCUT2D eigenvalue weighted by Gasteiger charge is 2.28. The van der Waals surface area contributed by atoms with Crippen molar-refractivity contribution in [2.24, 2.45) is 0 Å². The zero-order valence-corrected chi connectivity index (χ0v) is 12.2. The molecule has 3 rings (SSSR count). The number of ether oxygens (including phenoxy) is 1. The van der Waals surface area contributed by atoms with E-state index in [1.54, 1.807) is 0 Å². The van der Waals surface area contributed by atoms with Gasteiger partial charge in [-0.1, -0.05) is 11.6 Å². The second-order valence-electron chi connectivity index (χ2n) is 5.25. The lowest BCUT2D eigenvalue weighted by Gasteiger charge is -2.28. The average Bonchev–Trinajstić information content (AvgIpc) is 2.84. The molecule has 0 spiro atoms. The predicted molar refractivity (Wildman–Crippen MR) is 76.3 cm³/mol. The summed E-state index contributed by atoms with van der Waals surface area (Å²) in [6.07, 6.45) is 0.940. The Balaban J connectivity index is 1.95. The van der Waals surface area contributed by atoms with Crippen LogP contribution in [0.25, 0.3) is 0 Å². The van der Waals surface area contributed by atoms with Gasteiger partial charge < -0.3 is 14.5 Å². The Morgan fingerprint density at radius 3 is 2.58 bits per heavy atom. The SMILES string of the molecule is CC(C)N1CCc2c(Cl)nc(N3CCOCC3)nc21. The maximum absolute atomic E-state index is 6.33. The average molecular weight is 283 g/mol. The van der Waals surface area contributed by atoms with E-state index < -0.39 is 0 Å². The Hall–Kier alpha value is -1.07. The van der Waals surface area contributed by atoms with Crippen molar-refractivity contribution in [1.29, 1.82) is 0 Å². The fourth-order valence-corrected chi connectivity index (χ4v) is 2.89. The molecule has 1 aromatic heterocycles. The predicted octanol–water partition coefficient (Wildman–Crippen LogP) is 1.74. The van der Waals surface area contributed by atoms with Crippen molar-refractivity contribution >= 4 is 23.4 Å². The highest BCUT2D eigenvalue weighted by Crippen LogP contribution is 2.33. The second-order valence-corrected chi connectivity index (χ2v) is 5.61. The third-order valence-corrected chi connectivity index (χ3v) is 4.03. The van der Waals surface area contributed by atoms with Crippen LogP contribution < -0.4 is 9.80 Å². The van der Waals surface area contributed by atoms with Crippen LogP contribution in [0.2, 0.25) is 5.15 Å². The number of anilines is 2. The second kappa shape index (κ2) is 5.13. The molecule has 2 aliphatic rings. The molecule has 2 aliphatic heterocycles. The lowest BCUT2D eigenvalue weighted by atomic mass is 10.3. The van der Waals surface area contributed by atoms with E-state index in [1.165, 1.54) is 0 Å². The fraction of sp³-hybridized carbons (Fsp3) is 0.692. The summed E-state index contributed by atoms with van der Waals surface area (Å²) in [6.45, 7) is 8.46. The molecule has 104 valence electrons. The lowest BCUT2D eigenvalue weighted by Crippen LogP contribution is -2.38. The summed E-state index contributed by atoms with van der Waals surface area (Å²) in [7, 11) is 0. The lowest BCUT2D eigenvalue weighted by molar-refractivity contribution is 0.122. The fourth-order valence-electron chi connectivity index (χ4n) is 2.63. The molecule has 0 bridgehead atoms. The molecule has 0 atom stereocenters. The molecule has 1 aromatic rings. The summed E-state index contributed by atoms with van der Waals surface area (Å²) in [5.74, 6) is 1.75. The van der Waals surface area contributed by atoms with Gasteiger partial charge in [0, 0.05) is 31.2 Å². The molecule has 0 aliphatic carbocycles. The van der Waals surface area contributed by atoms with Crippen LogP contribution in [-0.4, -0.2) is 48.9 Å². The van der Waals surface area contributed by atoms with E-state index in [-0.39, 0.29) is 0 Å². The van der Waals surface area contributed by atoms with Crippen molar-refractivity contribution in [1.82, 2.24) is 9.97 Å². The van der Waals surface area contributed by atoms with E-state index in [0.717, 1.165) is 56.6 Å². The standard InChI is InChI=1S/C13H19ClN4O/c1-9(2)18-4-3-10-11(14)15-13(16-12(10)18)17-5-7-19-8-6-17/h9H,3-8H2,1-2H3. The van der Waals surface area contributed by atoms with Gasteiger partial charge >= 0.3 is 0 Å². The van der Waals surface area contributed by atoms with Crippen LogP contribution in [0.4, 0.5) is 11.8 Å². The molecule has 0 amide bonds. The van der Waals surface area contributed by atoms with E-state index >= 15 is 0 Å². The van der Waals surface area contributed by atoms with E-state index in [4.69, 9.17) is 21.3 Å². The highest BCUT2D eigenvalue weighted by atomic mass is 35.5. The molecule has 0 unspecified atom stereocenters. The Bertz CT molecular complexity index is 474. The third kappa shape index (κ3) is 2.37. The van der Waals surface area contributed by atoms with Gasteiger partial charge in [-0.3, -0.25) is 0 Å². The minimum absolute atomic E-state index is 0.435. The Kier molecular flexibility index (Phi) is 3.50. The molecule has 1 fully saturated rings. The molecule has 0 saturated carbocycles. The molecule has 0 aromatic carbocycles. The molecule has 3 heterocycles. The summed E-state index contributed by atoms with van der Waals surface area (Å²) in [5.41, 5.74) is 1.09. The van der Waals surface area contributed by atoms with Gasteiger partial charge in [0.1, 0.15) is 11.0 Å². The van der Waals surface area contributed by atoms with Crippen LogP contribution in [0.1, 0.15) is 19.4 Å². The maximum Gasteiger partial charge on any atom is 0.228 e. The summed E-state index contributed by atoms with van der Waals surface area (Å²) >= 11 is 6.33. The number of halogens is 1. The Labute approximate surface area is 118 Å². The molecule has 6 heteroatoms. The molecule has 19 heavy (non-hydrogen) atoms. The van der Waals surface area contributed by atoms with E-state index in [1.807, 2.05) is 0 Å². The number of fused-ring (bicyclic) bond motifs is 1. The number of aromatic nitrogens is 2. The van der Waals surface area contributed by atoms with Gasteiger partial charge in [-0.05, 0) is 20.3 Å². The van der Waals surface area contributed by atoms with Crippen molar-refractivity contribution in [3.05, 3.63) is 10.7 Å². The van der Waals surface area contributed by atoms with E-state index in [9.17, 15) is 0 Å². The summed E-state index contributed by atoms with van der Waals surface area (Å²) < 4.78 is 5.36. The van der Waals surface area contributed by atoms with E-state index in [0.29, 0.717) is 11.2 Å². The monoisotopic (exact) mass is 282 g/mol. The van der Waals surface area contributed by atoms with Crippen molar-refractivity contribution in [3.8, 4) is 0 Å². The Morgan fingerprint density at radius 1 is 1.16 bits per heavy atom. The van der Waals surface area contributed by atoms with Gasteiger partial charge in [-0.25, -0.2) is 4.98 Å². The topological polar surface area (TPSA) is 41.5 Å². The first kappa shape index (κ1) is 12.9. The quantitative estimate of drug-likeness (QED) is 0.773. The first-order valence-corrected chi connectivity index (χ1v) is 7.20. The molecule has 5 nitrogen and oxygen atoms in total. The van der Waals surface area contributed by atoms with Crippen molar-refractivity contribution in [2.75, 3.05) is 42.6 Å². The molecular weight excluding hydrogens is 264 g/mol. The van der Waals surface area contributed by atoms with Crippen LogP contribution in [0.15, 0.2) is 0 Å². The van der Waals surface area contributed by atoms with Gasteiger partial charge in [-0.2, -0.15) is 4.98 Å². The highest BCUT2D eigenvalue weighted by molar-refractivity contribution is 6.30. The number of morpholine rings is 1. The summed E-state index contributed by atoms with van der Waals surface area (Å²) in [5, 5.41) is 0.606. The van der Waals surface area contributed by atoms with Crippen LogP contribution in [0.3, 0.4) is 0 Å². The number of rotatable bonds is 2. The van der Waals surface area contributed by atoms with Gasteiger partial charge in [0.05, 0.1) is 13.2 Å². The number of hydrogen-bond acceptors (Lipinski definition) is 5. The first-order valence-electron chi connectivity index (χ1n) is 6.82. The van der Waals surface area contributed by atoms with Crippen LogP contribution >= 0.6 is 11.6 Å². The van der Waals surface area contributed by atoms with Crippen molar-refractivity contribution in [2.45, 2.75) is 26.3 Å². The van der Waals surface area contributed by atoms with Gasteiger partial charge in [-0.15, -0.1) is 0 Å². The summed E-state index contributed by atoms with van der Waals surface area (Å²) in [6, 6.07) is 0.435. The van der Waals surface area contributed by atoms with E-state index in [2.05, 4.69) is 28.6 Å². The molecule has 0 radical (unpaired) electrons. The van der Waals surface area contributed by atoms with Crippen LogP contribution in [-0.2, 0) is 11.2 Å². The van der Waals surface area contributed by atoms with Crippen molar-refractivity contribution < 1.29 is 4.74 Å². The van der Waals surface area contributed by atoms with Crippen molar-refractivity contribution in [3.63, 3.8) is 0 Å². The first-order chi connectivity index (χ1) is 9.16. The zero-order chi connectivity index (χ0) is 13.4. The molecule has 0 N–H and O–H groups in total. The Morgan fingerprint density at radius 2 is 1.89 bits per heavy atom. The molecular formula is C13H19ClN4O. The molecule has 1 saturated heterocycles. The smallest absolute Gasteiger partial charge is 0.228 e. The van der Waals surface area contributed by atoms with Gasteiger partial charge in [0.2, 0.25) is 5.95 Å². The number of hydrogen-bond donors (Lipinski definition) is 0. The number of nitrogens with zero attached hydrogens (tertiary/aromatic N) is 4. The van der Waals surface area contributed by atoms with Crippen LogP contribution in [0.5, 0.6) is 0 Å². The van der Waals surface area contributed by atoms with Crippen LogP contribution in [0, 0.1) is 0 Å². The van der Waals surface area contributed by atoms with Gasteiger partial charge in [0.25, 0.3) is 0 Å². The normalized spacial score (nSPS) is 19.2.